The zero-order chi connectivity index (χ0) is 13.2. The van der Waals surface area contributed by atoms with Crippen LogP contribution in [0.2, 0.25) is 0 Å². The van der Waals surface area contributed by atoms with Gasteiger partial charge in [-0.05, 0) is 35.2 Å². The highest BCUT2D eigenvalue weighted by Crippen LogP contribution is 2.38. The lowest BCUT2D eigenvalue weighted by atomic mass is 10.4. The Labute approximate surface area is 115 Å². The van der Waals surface area contributed by atoms with Gasteiger partial charge in [0.15, 0.2) is 0 Å². The summed E-state index contributed by atoms with van der Waals surface area (Å²) >= 11 is 3.34. The zero-order valence-electron chi connectivity index (χ0n) is 9.76. The number of hydrogen-bond acceptors (Lipinski definition) is 5. The normalized spacial score (nSPS) is 15.7. The minimum atomic E-state index is -3.38. The van der Waals surface area contributed by atoms with Gasteiger partial charge in [-0.25, -0.2) is 23.5 Å². The van der Waals surface area contributed by atoms with Gasteiger partial charge < -0.3 is 5.32 Å². The first-order chi connectivity index (χ1) is 8.44. The molecule has 0 spiro atoms. The molecule has 1 fully saturated rings. The van der Waals surface area contributed by atoms with Crippen LogP contribution in [0.4, 0.5) is 5.82 Å². The molecule has 18 heavy (non-hydrogen) atoms. The Morgan fingerprint density at radius 1 is 1.44 bits per heavy atom. The molecule has 3 N–H and O–H groups in total. The Morgan fingerprint density at radius 2 is 2.17 bits per heavy atom. The predicted molar refractivity (Wildman–Crippen MR) is 72.8 cm³/mol. The van der Waals surface area contributed by atoms with Crippen LogP contribution in [-0.4, -0.2) is 30.7 Å². The lowest BCUT2D eigenvalue weighted by Gasteiger charge is -2.07. The molecule has 0 atom stereocenters. The lowest BCUT2D eigenvalue weighted by Crippen LogP contribution is -2.19. The molecule has 1 aromatic rings. The molecule has 0 saturated heterocycles. The molecule has 0 unspecified atom stereocenters. The summed E-state index contributed by atoms with van der Waals surface area (Å²) in [6.07, 6.45) is 2.74. The molecule has 1 saturated carbocycles. The number of hydrogen-bond donors (Lipinski definition) is 2. The molecule has 1 aromatic heterocycles. The van der Waals surface area contributed by atoms with Gasteiger partial charge in [0.25, 0.3) is 0 Å². The van der Waals surface area contributed by atoms with E-state index >= 15 is 0 Å². The van der Waals surface area contributed by atoms with Gasteiger partial charge in [-0.1, -0.05) is 0 Å². The Kier molecular flexibility index (Phi) is 4.18. The Balaban J connectivity index is 1.89. The van der Waals surface area contributed by atoms with Crippen molar-refractivity contribution in [2.24, 2.45) is 5.14 Å². The number of rotatable bonds is 6. The minimum Gasteiger partial charge on any atom is -0.370 e. The summed E-state index contributed by atoms with van der Waals surface area (Å²) in [6, 6.07) is 1.78. The van der Waals surface area contributed by atoms with Crippen LogP contribution in [0.3, 0.4) is 0 Å². The Bertz CT molecular complexity index is 531. The van der Waals surface area contributed by atoms with Gasteiger partial charge >= 0.3 is 0 Å². The molecular weight excluding hydrogens is 320 g/mol. The summed E-state index contributed by atoms with van der Waals surface area (Å²) < 4.78 is 22.3. The zero-order valence-corrected chi connectivity index (χ0v) is 12.2. The first-order valence-corrected chi connectivity index (χ1v) is 8.24. The van der Waals surface area contributed by atoms with Crippen LogP contribution in [0.15, 0.2) is 10.7 Å². The van der Waals surface area contributed by atoms with E-state index in [1.807, 2.05) is 0 Å². The highest BCUT2D eigenvalue weighted by Gasteiger charge is 2.27. The molecule has 2 rings (SSSR count). The van der Waals surface area contributed by atoms with E-state index in [0.717, 1.165) is 23.3 Å². The van der Waals surface area contributed by atoms with E-state index in [0.29, 0.717) is 24.7 Å². The van der Waals surface area contributed by atoms with Gasteiger partial charge in [0.1, 0.15) is 16.2 Å². The molecule has 0 aromatic carbocycles. The van der Waals surface area contributed by atoms with E-state index in [1.54, 1.807) is 6.07 Å². The maximum Gasteiger partial charge on any atom is 0.209 e. The molecule has 8 heteroatoms. The van der Waals surface area contributed by atoms with Gasteiger partial charge in [0, 0.05) is 18.5 Å². The average molecular weight is 335 g/mol. The second-order valence-corrected chi connectivity index (χ2v) is 6.90. The molecule has 1 heterocycles. The maximum atomic E-state index is 10.8. The van der Waals surface area contributed by atoms with Crippen LogP contribution in [0.1, 0.15) is 31.0 Å². The van der Waals surface area contributed by atoms with Crippen molar-refractivity contribution in [3.63, 3.8) is 0 Å². The fourth-order valence-electron chi connectivity index (χ4n) is 1.54. The fourth-order valence-corrected chi connectivity index (χ4v) is 2.48. The molecule has 6 nitrogen and oxygen atoms in total. The molecule has 1 aliphatic rings. The van der Waals surface area contributed by atoms with Crippen LogP contribution >= 0.6 is 15.9 Å². The molecule has 0 amide bonds. The number of nitrogens with zero attached hydrogens (tertiary/aromatic N) is 2. The summed E-state index contributed by atoms with van der Waals surface area (Å²) in [5, 5.41) is 8.00. The van der Waals surface area contributed by atoms with E-state index in [-0.39, 0.29) is 5.75 Å². The minimum absolute atomic E-state index is 0.0261. The number of sulfonamides is 1. The first kappa shape index (κ1) is 13.7. The van der Waals surface area contributed by atoms with Crippen LogP contribution in [0.5, 0.6) is 0 Å². The number of nitrogens with two attached hydrogens (primary N) is 1. The third kappa shape index (κ3) is 4.51. The molecule has 1 aliphatic carbocycles. The Morgan fingerprint density at radius 3 is 2.78 bits per heavy atom. The van der Waals surface area contributed by atoms with Gasteiger partial charge in [0.2, 0.25) is 10.0 Å². The quantitative estimate of drug-likeness (QED) is 0.601. The standard InChI is InChI=1S/C10H15BrN4O2S/c11-8-6-9(13-4-1-5-18(12,16)17)15-10(14-8)7-2-3-7/h6-7H,1-5H2,(H2,12,16,17)(H,13,14,15). The van der Waals surface area contributed by atoms with E-state index < -0.39 is 10.0 Å². The molecule has 0 bridgehead atoms. The van der Waals surface area contributed by atoms with E-state index in [1.165, 1.54) is 0 Å². The largest absolute Gasteiger partial charge is 0.370 e. The topological polar surface area (TPSA) is 98.0 Å². The third-order valence-corrected chi connectivity index (χ3v) is 3.83. The summed E-state index contributed by atoms with van der Waals surface area (Å²) in [7, 11) is -3.38. The first-order valence-electron chi connectivity index (χ1n) is 5.73. The number of anilines is 1. The van der Waals surface area contributed by atoms with Crippen LogP contribution < -0.4 is 10.5 Å². The number of primary sulfonamides is 1. The van der Waals surface area contributed by atoms with Crippen molar-refractivity contribution in [2.45, 2.75) is 25.2 Å². The molecule has 100 valence electrons. The van der Waals surface area contributed by atoms with Gasteiger partial charge in [-0.3, -0.25) is 0 Å². The van der Waals surface area contributed by atoms with Crippen LogP contribution in [0.25, 0.3) is 0 Å². The van der Waals surface area contributed by atoms with Crippen molar-refractivity contribution in [3.8, 4) is 0 Å². The number of nitrogens with one attached hydrogen (secondary N) is 1. The summed E-state index contributed by atoms with van der Waals surface area (Å²) in [5.41, 5.74) is 0. The Hall–Kier alpha value is -0.730. The second-order valence-electron chi connectivity index (χ2n) is 4.36. The van der Waals surface area contributed by atoms with E-state index in [4.69, 9.17) is 5.14 Å². The molecular formula is C10H15BrN4O2S. The van der Waals surface area contributed by atoms with Crippen molar-refractivity contribution in [1.82, 2.24) is 9.97 Å². The van der Waals surface area contributed by atoms with Crippen molar-refractivity contribution in [2.75, 3.05) is 17.6 Å². The summed E-state index contributed by atoms with van der Waals surface area (Å²) in [5.74, 6) is 2.01. The van der Waals surface area contributed by atoms with E-state index in [9.17, 15) is 8.42 Å². The van der Waals surface area contributed by atoms with Crippen molar-refractivity contribution in [3.05, 3.63) is 16.5 Å². The van der Waals surface area contributed by atoms with Crippen LogP contribution in [-0.2, 0) is 10.0 Å². The number of aromatic nitrogens is 2. The van der Waals surface area contributed by atoms with Crippen molar-refractivity contribution >= 4 is 31.8 Å². The highest BCUT2D eigenvalue weighted by molar-refractivity contribution is 9.10. The lowest BCUT2D eigenvalue weighted by molar-refractivity contribution is 0.595. The highest BCUT2D eigenvalue weighted by atomic mass is 79.9. The SMILES string of the molecule is NS(=O)(=O)CCCNc1cc(Br)nc(C2CC2)n1. The summed E-state index contributed by atoms with van der Waals surface area (Å²) in [4.78, 5) is 8.71. The number of halogens is 1. The van der Waals surface area contributed by atoms with Crippen molar-refractivity contribution < 1.29 is 8.42 Å². The monoisotopic (exact) mass is 334 g/mol. The second kappa shape index (κ2) is 5.50. The van der Waals surface area contributed by atoms with Crippen molar-refractivity contribution in [1.29, 1.82) is 0 Å². The van der Waals surface area contributed by atoms with Gasteiger partial charge in [-0.15, -0.1) is 0 Å². The molecule has 0 aliphatic heterocycles. The van der Waals surface area contributed by atoms with Gasteiger partial charge in [0.05, 0.1) is 5.75 Å². The average Bonchev–Trinajstić information content (AvgIpc) is 3.06. The molecule has 0 radical (unpaired) electrons. The van der Waals surface area contributed by atoms with Gasteiger partial charge in [-0.2, -0.15) is 0 Å². The van der Waals surface area contributed by atoms with E-state index in [2.05, 4.69) is 31.2 Å². The maximum absolute atomic E-state index is 10.8. The predicted octanol–water partition coefficient (Wildman–Crippen LogP) is 1.21. The third-order valence-electron chi connectivity index (χ3n) is 2.57. The fraction of sp³-hybridized carbons (Fsp3) is 0.600. The van der Waals surface area contributed by atoms with Crippen LogP contribution in [0, 0.1) is 0 Å². The smallest absolute Gasteiger partial charge is 0.209 e. The summed E-state index contributed by atoms with van der Waals surface area (Å²) in [6.45, 7) is 0.518.